The second-order valence-corrected chi connectivity index (χ2v) is 9.70. The van der Waals surface area contributed by atoms with Gasteiger partial charge in [-0.2, -0.15) is 0 Å². The smallest absolute Gasteiger partial charge is 0.265 e. The molecule has 5 nitrogen and oxygen atoms in total. The van der Waals surface area contributed by atoms with Crippen LogP contribution in [0.15, 0.2) is 93.0 Å². The molecule has 29 heavy (non-hydrogen) atoms. The largest absolute Gasteiger partial charge is 0.467 e. The van der Waals surface area contributed by atoms with Gasteiger partial charge in [0.15, 0.2) is 0 Å². The Morgan fingerprint density at radius 1 is 0.966 bits per heavy atom. The molecule has 7 heteroatoms. The molecule has 3 heterocycles. The number of rotatable bonds is 3. The van der Waals surface area contributed by atoms with Gasteiger partial charge in [0.05, 0.1) is 28.2 Å². The van der Waals surface area contributed by atoms with Crippen molar-refractivity contribution < 1.29 is 12.8 Å². The summed E-state index contributed by atoms with van der Waals surface area (Å²) in [6.45, 7) is 1.93. The van der Waals surface area contributed by atoms with Gasteiger partial charge in [-0.25, -0.2) is 12.7 Å². The number of anilines is 1. The van der Waals surface area contributed by atoms with E-state index in [0.717, 1.165) is 21.4 Å². The molecule has 0 saturated heterocycles. The van der Waals surface area contributed by atoms with E-state index in [9.17, 15) is 8.42 Å². The lowest BCUT2D eigenvalue weighted by Crippen LogP contribution is -2.39. The molecular formula is C22H17BrN2O3S. The summed E-state index contributed by atoms with van der Waals surface area (Å²) in [5, 5.41) is 0. The van der Waals surface area contributed by atoms with E-state index < -0.39 is 16.1 Å². The molecule has 0 bridgehead atoms. The molecule has 146 valence electrons. The maximum Gasteiger partial charge on any atom is 0.265 e. The Hall–Kier alpha value is -2.77. The highest BCUT2D eigenvalue weighted by molar-refractivity contribution is 9.10. The minimum atomic E-state index is -3.87. The van der Waals surface area contributed by atoms with Crippen LogP contribution in [0.4, 0.5) is 5.69 Å². The van der Waals surface area contributed by atoms with Crippen LogP contribution in [0.3, 0.4) is 0 Å². The second-order valence-electron chi connectivity index (χ2n) is 6.97. The van der Waals surface area contributed by atoms with Gasteiger partial charge in [-0.1, -0.05) is 33.6 Å². The summed E-state index contributed by atoms with van der Waals surface area (Å²) in [7, 11) is -3.87. The van der Waals surface area contributed by atoms with Gasteiger partial charge in [0.2, 0.25) is 0 Å². The Kier molecular flexibility index (Phi) is 4.18. The number of furan rings is 1. The monoisotopic (exact) mass is 468 g/mol. The standard InChI is InChI=1S/C22H17BrN2O3S/c1-15-6-9-17(10-7-15)29(26,27)25-20-14-16(23)8-11-18(20)24-12-2-4-19(24)22(25)21-5-3-13-28-21/h2-14,22H,1H3/t22-/m1/s1. The van der Waals surface area contributed by atoms with Gasteiger partial charge < -0.3 is 8.98 Å². The van der Waals surface area contributed by atoms with Crippen LogP contribution >= 0.6 is 15.9 Å². The molecule has 0 fully saturated rings. The fourth-order valence-corrected chi connectivity index (χ4v) is 5.72. The number of fused-ring (bicyclic) bond motifs is 3. The van der Waals surface area contributed by atoms with Crippen molar-refractivity contribution >= 4 is 31.6 Å². The SMILES string of the molecule is Cc1ccc(S(=O)(=O)N2c3cc(Br)ccc3-n3cccc3[C@@H]2c2ccco2)cc1. The number of hydrogen-bond acceptors (Lipinski definition) is 3. The van der Waals surface area contributed by atoms with Crippen molar-refractivity contribution in [3.05, 3.63) is 101 Å². The molecule has 2 aromatic heterocycles. The molecule has 4 aromatic rings. The van der Waals surface area contributed by atoms with E-state index in [4.69, 9.17) is 4.42 Å². The third-order valence-electron chi connectivity index (χ3n) is 5.12. The highest BCUT2D eigenvalue weighted by atomic mass is 79.9. The molecule has 1 atom stereocenters. The molecule has 1 aliphatic heterocycles. The summed E-state index contributed by atoms with van der Waals surface area (Å²) in [4.78, 5) is 0.241. The van der Waals surface area contributed by atoms with E-state index in [-0.39, 0.29) is 4.90 Å². The van der Waals surface area contributed by atoms with Gasteiger partial charge in [0.1, 0.15) is 11.8 Å². The number of sulfonamides is 1. The molecule has 0 spiro atoms. The van der Waals surface area contributed by atoms with Gasteiger partial charge in [-0.05, 0) is 61.5 Å². The molecule has 1 aliphatic rings. The highest BCUT2D eigenvalue weighted by Crippen LogP contribution is 2.46. The van der Waals surface area contributed by atoms with Crippen molar-refractivity contribution in [3.8, 4) is 5.69 Å². The van der Waals surface area contributed by atoms with E-state index in [1.54, 1.807) is 24.5 Å². The van der Waals surface area contributed by atoms with Crippen LogP contribution in [0, 0.1) is 6.92 Å². The fourth-order valence-electron chi connectivity index (χ4n) is 3.77. The topological polar surface area (TPSA) is 55.5 Å². The summed E-state index contributed by atoms with van der Waals surface area (Å²) in [5.74, 6) is 0.561. The van der Waals surface area contributed by atoms with Crippen molar-refractivity contribution in [1.29, 1.82) is 0 Å². The van der Waals surface area contributed by atoms with E-state index >= 15 is 0 Å². The molecule has 0 amide bonds. The summed E-state index contributed by atoms with van der Waals surface area (Å²) >= 11 is 3.50. The molecule has 0 unspecified atom stereocenters. The lowest BCUT2D eigenvalue weighted by molar-refractivity contribution is 0.477. The minimum absolute atomic E-state index is 0.241. The van der Waals surface area contributed by atoms with Crippen LogP contribution in [0.25, 0.3) is 5.69 Å². The zero-order valence-electron chi connectivity index (χ0n) is 15.5. The van der Waals surface area contributed by atoms with Crippen LogP contribution < -0.4 is 4.31 Å². The minimum Gasteiger partial charge on any atom is -0.467 e. The Balaban J connectivity index is 1.82. The lowest BCUT2D eigenvalue weighted by Gasteiger charge is -2.37. The Bertz CT molecular complexity index is 1290. The first-order valence-electron chi connectivity index (χ1n) is 9.08. The Morgan fingerprint density at radius 2 is 1.76 bits per heavy atom. The lowest BCUT2D eigenvalue weighted by atomic mass is 10.1. The zero-order chi connectivity index (χ0) is 20.2. The van der Waals surface area contributed by atoms with Crippen LogP contribution in [-0.2, 0) is 10.0 Å². The first kappa shape index (κ1) is 18.3. The van der Waals surface area contributed by atoms with Crippen LogP contribution in [0.1, 0.15) is 23.1 Å². The van der Waals surface area contributed by atoms with Crippen molar-refractivity contribution in [2.45, 2.75) is 17.9 Å². The number of aryl methyl sites for hydroxylation is 1. The van der Waals surface area contributed by atoms with Crippen LogP contribution in [0.2, 0.25) is 0 Å². The van der Waals surface area contributed by atoms with E-state index in [1.165, 1.54) is 4.31 Å². The van der Waals surface area contributed by atoms with Gasteiger partial charge in [-0.3, -0.25) is 0 Å². The highest BCUT2D eigenvalue weighted by Gasteiger charge is 2.41. The van der Waals surface area contributed by atoms with Crippen molar-refractivity contribution in [3.63, 3.8) is 0 Å². The number of benzene rings is 2. The fraction of sp³-hybridized carbons (Fsp3) is 0.0909. The van der Waals surface area contributed by atoms with Gasteiger partial charge >= 0.3 is 0 Å². The average molecular weight is 469 g/mol. The quantitative estimate of drug-likeness (QED) is 0.402. The number of aromatic nitrogens is 1. The first-order valence-corrected chi connectivity index (χ1v) is 11.3. The summed E-state index contributed by atoms with van der Waals surface area (Å²) in [6.07, 6.45) is 3.50. The van der Waals surface area contributed by atoms with Crippen molar-refractivity contribution in [2.75, 3.05) is 4.31 Å². The summed E-state index contributed by atoms with van der Waals surface area (Å²) in [5.41, 5.74) is 3.21. The number of hydrogen-bond donors (Lipinski definition) is 0. The van der Waals surface area contributed by atoms with Crippen LogP contribution in [0.5, 0.6) is 0 Å². The molecule has 0 aliphatic carbocycles. The zero-order valence-corrected chi connectivity index (χ0v) is 17.9. The average Bonchev–Trinajstić information content (AvgIpc) is 3.39. The van der Waals surface area contributed by atoms with Crippen LogP contribution in [-0.4, -0.2) is 13.0 Å². The normalized spacial score (nSPS) is 15.8. The third-order valence-corrected chi connectivity index (χ3v) is 7.41. The molecule has 0 radical (unpaired) electrons. The first-order chi connectivity index (χ1) is 14.0. The second kappa shape index (κ2) is 6.64. The van der Waals surface area contributed by atoms with Crippen molar-refractivity contribution in [2.24, 2.45) is 0 Å². The Morgan fingerprint density at radius 3 is 2.48 bits per heavy atom. The Labute approximate surface area is 177 Å². The van der Waals surface area contributed by atoms with E-state index in [2.05, 4.69) is 15.9 Å². The number of halogens is 1. The van der Waals surface area contributed by atoms with Crippen molar-refractivity contribution in [1.82, 2.24) is 4.57 Å². The predicted octanol–water partition coefficient (Wildman–Crippen LogP) is 5.44. The van der Waals surface area contributed by atoms with Gasteiger partial charge in [-0.15, -0.1) is 0 Å². The number of nitrogens with zero attached hydrogens (tertiary/aromatic N) is 2. The molecular weight excluding hydrogens is 452 g/mol. The third kappa shape index (κ3) is 2.84. The molecule has 5 rings (SSSR count). The van der Waals surface area contributed by atoms with Gasteiger partial charge in [0.25, 0.3) is 10.0 Å². The molecule has 0 N–H and O–H groups in total. The molecule has 2 aromatic carbocycles. The summed E-state index contributed by atoms with van der Waals surface area (Å²) in [6, 6.07) is 19.4. The maximum absolute atomic E-state index is 13.9. The maximum atomic E-state index is 13.9. The summed E-state index contributed by atoms with van der Waals surface area (Å²) < 4.78 is 37.7. The van der Waals surface area contributed by atoms with E-state index in [1.807, 2.05) is 66.2 Å². The predicted molar refractivity (Wildman–Crippen MR) is 115 cm³/mol. The molecule has 0 saturated carbocycles. The van der Waals surface area contributed by atoms with E-state index in [0.29, 0.717) is 11.4 Å². The van der Waals surface area contributed by atoms with Gasteiger partial charge in [0, 0.05) is 10.7 Å².